The minimum absolute atomic E-state index is 0.0852. The quantitative estimate of drug-likeness (QED) is 0.570. The molecule has 0 bridgehead atoms. The number of halogens is 1. The zero-order chi connectivity index (χ0) is 10.6. The van der Waals surface area contributed by atoms with Crippen LogP contribution in [0.5, 0.6) is 0 Å². The third-order valence-electron chi connectivity index (χ3n) is 1.91. The van der Waals surface area contributed by atoms with Crippen molar-refractivity contribution in [2.24, 2.45) is 0 Å². The maximum Gasteiger partial charge on any atom is 0.316 e. The Labute approximate surface area is 88.7 Å². The molecule has 0 aromatic carbocycles. The van der Waals surface area contributed by atoms with Crippen molar-refractivity contribution >= 4 is 17.0 Å². The fourth-order valence-corrected chi connectivity index (χ4v) is 1.37. The Balaban J connectivity index is 2.70. The first-order chi connectivity index (χ1) is 6.61. The lowest BCUT2D eigenvalue weighted by Gasteiger charge is -2.23. The lowest BCUT2D eigenvalue weighted by atomic mass is 10.3. The number of hydrogen-bond donors (Lipinski definition) is 0. The molecule has 3 nitrogen and oxygen atoms in total. The first-order valence-corrected chi connectivity index (χ1v) is 4.85. The molecular weight excluding hydrogens is 200 g/mol. The summed E-state index contributed by atoms with van der Waals surface area (Å²) in [6, 6.07) is 5.68. The fourth-order valence-electron chi connectivity index (χ4n) is 1.11. The van der Waals surface area contributed by atoms with E-state index >= 15 is 0 Å². The molecule has 1 aromatic heterocycles. The molecule has 1 aromatic rings. The molecule has 0 radical (unpaired) electrons. The van der Waals surface area contributed by atoms with Crippen molar-refractivity contribution in [3.8, 4) is 0 Å². The highest BCUT2D eigenvalue weighted by atomic mass is 35.5. The van der Waals surface area contributed by atoms with Gasteiger partial charge >= 0.3 is 5.37 Å². The highest BCUT2D eigenvalue weighted by Gasteiger charge is 2.14. The summed E-state index contributed by atoms with van der Waals surface area (Å²) >= 11 is 5.45. The van der Waals surface area contributed by atoms with Gasteiger partial charge in [-0.25, -0.2) is 0 Å². The Bertz CT molecular complexity index is 300. The molecule has 0 aliphatic carbocycles. The third-order valence-corrected chi connectivity index (χ3v) is 2.12. The van der Waals surface area contributed by atoms with Crippen LogP contribution in [-0.2, 0) is 6.54 Å². The zero-order valence-electron chi connectivity index (χ0n) is 8.27. The summed E-state index contributed by atoms with van der Waals surface area (Å²) in [5.74, 6) is 0. The molecule has 0 N–H and O–H groups in total. The Kier molecular flexibility index (Phi) is 3.89. The lowest BCUT2D eigenvalue weighted by Crippen LogP contribution is -2.32. The van der Waals surface area contributed by atoms with Gasteiger partial charge in [-0.2, -0.15) is 0 Å². The van der Waals surface area contributed by atoms with Crippen LogP contribution in [0.1, 0.15) is 19.5 Å². The van der Waals surface area contributed by atoms with E-state index in [1.807, 2.05) is 32.0 Å². The minimum atomic E-state index is -0.439. The Morgan fingerprint density at radius 3 is 2.71 bits per heavy atom. The van der Waals surface area contributed by atoms with Crippen LogP contribution in [0.2, 0.25) is 0 Å². The molecule has 1 rings (SSSR count). The number of aromatic nitrogens is 1. The average molecular weight is 213 g/mol. The van der Waals surface area contributed by atoms with Crippen molar-refractivity contribution in [1.82, 2.24) is 9.88 Å². The van der Waals surface area contributed by atoms with Crippen LogP contribution in [0.3, 0.4) is 0 Å². The van der Waals surface area contributed by atoms with Gasteiger partial charge in [0.05, 0.1) is 12.2 Å². The van der Waals surface area contributed by atoms with Crippen molar-refractivity contribution in [1.29, 1.82) is 0 Å². The number of pyridine rings is 1. The number of carbonyl (C=O) groups excluding carboxylic acids is 1. The van der Waals surface area contributed by atoms with E-state index < -0.39 is 5.37 Å². The van der Waals surface area contributed by atoms with Gasteiger partial charge in [0.25, 0.3) is 0 Å². The maximum atomic E-state index is 11.1. The summed E-state index contributed by atoms with van der Waals surface area (Å²) in [5, 5.41) is -0.439. The predicted octanol–water partition coefficient (Wildman–Crippen LogP) is 2.65. The topological polar surface area (TPSA) is 33.2 Å². The molecule has 0 aliphatic rings. The van der Waals surface area contributed by atoms with Gasteiger partial charge in [-0.3, -0.25) is 9.78 Å². The smallest absolute Gasteiger partial charge is 0.316 e. The second kappa shape index (κ2) is 4.96. The lowest BCUT2D eigenvalue weighted by molar-refractivity contribution is 0.203. The van der Waals surface area contributed by atoms with Crippen molar-refractivity contribution in [3.05, 3.63) is 30.1 Å². The summed E-state index contributed by atoms with van der Waals surface area (Å²) in [6.45, 7) is 4.30. The molecule has 0 atom stereocenters. The first kappa shape index (κ1) is 11.0. The summed E-state index contributed by atoms with van der Waals surface area (Å²) in [7, 11) is 0. The average Bonchev–Trinajstić information content (AvgIpc) is 2.15. The Morgan fingerprint density at radius 1 is 1.57 bits per heavy atom. The van der Waals surface area contributed by atoms with Gasteiger partial charge in [-0.15, -0.1) is 0 Å². The normalized spacial score (nSPS) is 10.3. The van der Waals surface area contributed by atoms with Gasteiger partial charge in [-0.1, -0.05) is 6.07 Å². The maximum absolute atomic E-state index is 11.1. The molecule has 0 fully saturated rings. The minimum Gasteiger partial charge on any atom is -0.321 e. The van der Waals surface area contributed by atoms with Crippen molar-refractivity contribution in [3.63, 3.8) is 0 Å². The molecule has 0 aliphatic heterocycles. The van der Waals surface area contributed by atoms with Crippen LogP contribution in [0, 0.1) is 0 Å². The molecule has 0 unspecified atom stereocenters. The van der Waals surface area contributed by atoms with Gasteiger partial charge in [0.2, 0.25) is 0 Å². The van der Waals surface area contributed by atoms with Gasteiger partial charge in [-0.05, 0) is 37.6 Å². The second-order valence-electron chi connectivity index (χ2n) is 3.30. The molecule has 4 heteroatoms. The van der Waals surface area contributed by atoms with E-state index in [0.29, 0.717) is 6.54 Å². The van der Waals surface area contributed by atoms with Gasteiger partial charge in [0.1, 0.15) is 0 Å². The van der Waals surface area contributed by atoms with Gasteiger partial charge in [0.15, 0.2) is 0 Å². The highest BCUT2D eigenvalue weighted by Crippen LogP contribution is 2.08. The van der Waals surface area contributed by atoms with E-state index in [2.05, 4.69) is 4.98 Å². The number of nitrogens with zero attached hydrogens (tertiary/aromatic N) is 2. The molecule has 0 spiro atoms. The van der Waals surface area contributed by atoms with Crippen LogP contribution in [-0.4, -0.2) is 21.3 Å². The molecule has 14 heavy (non-hydrogen) atoms. The summed E-state index contributed by atoms with van der Waals surface area (Å²) in [6.07, 6.45) is 1.70. The Hall–Kier alpha value is -1.09. The van der Waals surface area contributed by atoms with E-state index in [9.17, 15) is 4.79 Å². The highest BCUT2D eigenvalue weighted by molar-refractivity contribution is 6.62. The number of carbonyl (C=O) groups is 1. The standard InChI is InChI=1S/C10H13ClN2O/c1-8(2)13(10(11)14)7-9-5-3-4-6-12-9/h3-6,8H,7H2,1-2H3. The van der Waals surface area contributed by atoms with Gasteiger partial charge in [0, 0.05) is 12.2 Å². The Morgan fingerprint density at radius 2 is 2.29 bits per heavy atom. The van der Waals surface area contributed by atoms with Crippen molar-refractivity contribution in [2.75, 3.05) is 0 Å². The fraction of sp³-hybridized carbons (Fsp3) is 0.400. The van der Waals surface area contributed by atoms with E-state index in [0.717, 1.165) is 5.69 Å². The third kappa shape index (κ3) is 3.00. The summed E-state index contributed by atoms with van der Waals surface area (Å²) in [5.41, 5.74) is 0.843. The zero-order valence-corrected chi connectivity index (χ0v) is 9.03. The number of amides is 1. The van der Waals surface area contributed by atoms with Crippen molar-refractivity contribution in [2.45, 2.75) is 26.4 Å². The molecule has 0 saturated carbocycles. The molecule has 1 heterocycles. The molecule has 1 amide bonds. The van der Waals surface area contributed by atoms with E-state index in [4.69, 9.17) is 11.6 Å². The van der Waals surface area contributed by atoms with E-state index in [-0.39, 0.29) is 6.04 Å². The second-order valence-corrected chi connectivity index (χ2v) is 3.62. The van der Waals surface area contributed by atoms with Gasteiger partial charge < -0.3 is 4.90 Å². The van der Waals surface area contributed by atoms with Crippen molar-refractivity contribution < 1.29 is 4.79 Å². The monoisotopic (exact) mass is 212 g/mol. The largest absolute Gasteiger partial charge is 0.321 e. The molecular formula is C10H13ClN2O. The number of rotatable bonds is 3. The van der Waals surface area contributed by atoms with Crippen LogP contribution >= 0.6 is 11.6 Å². The number of hydrogen-bond acceptors (Lipinski definition) is 2. The van der Waals surface area contributed by atoms with Crippen LogP contribution in [0.25, 0.3) is 0 Å². The van der Waals surface area contributed by atoms with E-state index in [1.54, 1.807) is 11.1 Å². The predicted molar refractivity (Wildman–Crippen MR) is 56.2 cm³/mol. The SMILES string of the molecule is CC(C)N(Cc1ccccn1)C(=O)Cl. The van der Waals surface area contributed by atoms with E-state index in [1.165, 1.54) is 0 Å². The summed E-state index contributed by atoms with van der Waals surface area (Å²) in [4.78, 5) is 16.7. The van der Waals surface area contributed by atoms with Crippen LogP contribution < -0.4 is 0 Å². The van der Waals surface area contributed by atoms with Crippen LogP contribution in [0.15, 0.2) is 24.4 Å². The molecule has 76 valence electrons. The summed E-state index contributed by atoms with van der Waals surface area (Å²) < 4.78 is 0. The molecule has 0 saturated heterocycles. The first-order valence-electron chi connectivity index (χ1n) is 4.47. The van der Waals surface area contributed by atoms with Crippen LogP contribution in [0.4, 0.5) is 4.79 Å².